The van der Waals surface area contributed by atoms with Crippen molar-refractivity contribution in [3.8, 4) is 0 Å². The summed E-state index contributed by atoms with van der Waals surface area (Å²) in [5.74, 6) is -1.59. The van der Waals surface area contributed by atoms with Crippen LogP contribution in [-0.4, -0.2) is 12.1 Å². The van der Waals surface area contributed by atoms with Gasteiger partial charge in [-0.3, -0.25) is 0 Å². The third-order valence-electron chi connectivity index (χ3n) is 2.48. The smallest absolute Gasteiger partial charge is 0.550 e. The van der Waals surface area contributed by atoms with Gasteiger partial charge in [0, 0.05) is 12.4 Å². The first kappa shape index (κ1) is 19.6. The number of unbranched alkanes of at least 4 members (excludes halogenated alkanes) is 2. The minimum Gasteiger partial charge on any atom is -0.550 e. The number of aliphatic carboxylic acids is 1. The molecule has 0 aromatic carbocycles. The Morgan fingerprint density at radius 3 is 2.18 bits per heavy atom. The molecule has 0 aromatic rings. The van der Waals surface area contributed by atoms with Crippen LogP contribution in [0, 0.1) is 5.92 Å². The molecule has 0 aliphatic rings. The van der Waals surface area contributed by atoms with Crippen LogP contribution in [0.5, 0.6) is 0 Å². The molecular formula is C11H18F3NaO2. The summed E-state index contributed by atoms with van der Waals surface area (Å²) in [6.45, 7) is 1.87. The molecule has 1 unspecified atom stereocenters. The molecular weight excluding hydrogens is 244 g/mol. The third kappa shape index (κ3) is 12.5. The Morgan fingerprint density at radius 2 is 1.76 bits per heavy atom. The summed E-state index contributed by atoms with van der Waals surface area (Å²) in [7, 11) is 0. The first-order valence-electron chi connectivity index (χ1n) is 5.64. The molecule has 2 nitrogen and oxygen atoms in total. The van der Waals surface area contributed by atoms with E-state index in [1.54, 1.807) is 0 Å². The van der Waals surface area contributed by atoms with Gasteiger partial charge in [0.25, 0.3) is 0 Å². The number of carbonyl (C=O) groups is 1. The van der Waals surface area contributed by atoms with E-state index in [-0.39, 0.29) is 36.0 Å². The van der Waals surface area contributed by atoms with Gasteiger partial charge < -0.3 is 9.90 Å². The molecule has 0 spiro atoms. The van der Waals surface area contributed by atoms with E-state index in [0.29, 0.717) is 25.7 Å². The summed E-state index contributed by atoms with van der Waals surface area (Å²) < 4.78 is 35.4. The van der Waals surface area contributed by atoms with Crippen molar-refractivity contribution in [3.05, 3.63) is 0 Å². The van der Waals surface area contributed by atoms with Crippen LogP contribution in [0.3, 0.4) is 0 Å². The molecule has 0 heterocycles. The van der Waals surface area contributed by atoms with Gasteiger partial charge in [0.2, 0.25) is 0 Å². The van der Waals surface area contributed by atoms with Gasteiger partial charge in [-0.25, -0.2) is 0 Å². The van der Waals surface area contributed by atoms with Crippen molar-refractivity contribution in [3.63, 3.8) is 0 Å². The molecule has 17 heavy (non-hydrogen) atoms. The third-order valence-corrected chi connectivity index (χ3v) is 2.48. The zero-order valence-corrected chi connectivity index (χ0v) is 12.5. The molecule has 0 amide bonds. The van der Waals surface area contributed by atoms with E-state index < -0.39 is 24.5 Å². The number of carbonyl (C=O) groups excluding carboxylic acids is 1. The Labute approximate surface area is 122 Å². The van der Waals surface area contributed by atoms with Crippen LogP contribution >= 0.6 is 0 Å². The maximum atomic E-state index is 11.8. The Kier molecular flexibility index (Phi) is 11.8. The molecule has 0 aliphatic carbocycles. The monoisotopic (exact) mass is 262 g/mol. The second kappa shape index (κ2) is 10.2. The van der Waals surface area contributed by atoms with Crippen molar-refractivity contribution in [1.29, 1.82) is 0 Å². The fourth-order valence-corrected chi connectivity index (χ4v) is 1.62. The number of hydrogen-bond acceptors (Lipinski definition) is 2. The normalized spacial score (nSPS) is 12.9. The largest absolute Gasteiger partial charge is 1.00 e. The zero-order chi connectivity index (χ0) is 12.6. The average molecular weight is 262 g/mol. The van der Waals surface area contributed by atoms with E-state index in [9.17, 15) is 23.1 Å². The van der Waals surface area contributed by atoms with Crippen LogP contribution in [0.25, 0.3) is 0 Å². The van der Waals surface area contributed by atoms with Gasteiger partial charge >= 0.3 is 35.7 Å². The van der Waals surface area contributed by atoms with Gasteiger partial charge in [0.05, 0.1) is 0 Å². The molecule has 0 aliphatic heterocycles. The number of hydrogen-bond donors (Lipinski definition) is 0. The van der Waals surface area contributed by atoms with Gasteiger partial charge in [0.1, 0.15) is 0 Å². The maximum absolute atomic E-state index is 11.8. The Bertz CT molecular complexity index is 207. The van der Waals surface area contributed by atoms with Gasteiger partial charge in [-0.15, -0.1) is 0 Å². The molecule has 0 rings (SSSR count). The Morgan fingerprint density at radius 1 is 1.18 bits per heavy atom. The van der Waals surface area contributed by atoms with Crippen LogP contribution in [0.1, 0.15) is 51.9 Å². The fourth-order valence-electron chi connectivity index (χ4n) is 1.62. The van der Waals surface area contributed by atoms with Crippen molar-refractivity contribution in [1.82, 2.24) is 0 Å². The van der Waals surface area contributed by atoms with Gasteiger partial charge in [-0.2, -0.15) is 13.2 Å². The van der Waals surface area contributed by atoms with E-state index in [1.807, 2.05) is 6.92 Å². The van der Waals surface area contributed by atoms with Crippen LogP contribution in [0.15, 0.2) is 0 Å². The minimum atomic E-state index is -4.10. The van der Waals surface area contributed by atoms with E-state index in [2.05, 4.69) is 0 Å². The number of halogens is 3. The van der Waals surface area contributed by atoms with E-state index in [1.165, 1.54) is 0 Å². The molecule has 0 saturated carbocycles. The standard InChI is InChI=1S/C11H19F3O2.Na/c1-2-6-9(10(15)16)7-4-3-5-8-11(12,13)14;/h9H,2-8H2,1H3,(H,15,16);/q;+1/p-1. The summed E-state index contributed by atoms with van der Waals surface area (Å²) in [5.41, 5.74) is 0. The van der Waals surface area contributed by atoms with Crippen LogP contribution in [0.4, 0.5) is 13.2 Å². The van der Waals surface area contributed by atoms with Crippen molar-refractivity contribution >= 4 is 5.97 Å². The van der Waals surface area contributed by atoms with Gasteiger partial charge in [-0.05, 0) is 25.2 Å². The summed E-state index contributed by atoms with van der Waals surface area (Å²) in [6, 6.07) is 0. The summed E-state index contributed by atoms with van der Waals surface area (Å²) in [6.07, 6.45) is -2.14. The summed E-state index contributed by atoms with van der Waals surface area (Å²) in [5, 5.41) is 10.6. The molecule has 6 heteroatoms. The summed E-state index contributed by atoms with van der Waals surface area (Å²) in [4.78, 5) is 10.6. The molecule has 0 fully saturated rings. The average Bonchev–Trinajstić information content (AvgIpc) is 2.13. The second-order valence-electron chi connectivity index (χ2n) is 4.02. The van der Waals surface area contributed by atoms with Crippen LogP contribution < -0.4 is 34.7 Å². The first-order chi connectivity index (χ1) is 7.37. The van der Waals surface area contributed by atoms with E-state index >= 15 is 0 Å². The van der Waals surface area contributed by atoms with Crippen molar-refractivity contribution in [2.75, 3.05) is 0 Å². The molecule has 1 atom stereocenters. The van der Waals surface area contributed by atoms with E-state index in [0.717, 1.165) is 6.42 Å². The number of alkyl halides is 3. The van der Waals surface area contributed by atoms with Crippen molar-refractivity contribution in [2.45, 2.75) is 58.0 Å². The predicted molar refractivity (Wildman–Crippen MR) is 52.5 cm³/mol. The number of rotatable bonds is 8. The SMILES string of the molecule is CCCC(CCCCCC(F)(F)F)C(=O)[O-].[Na+]. The first-order valence-corrected chi connectivity index (χ1v) is 5.64. The van der Waals surface area contributed by atoms with Crippen LogP contribution in [-0.2, 0) is 4.79 Å². The van der Waals surface area contributed by atoms with Crippen molar-refractivity contribution in [2.24, 2.45) is 5.92 Å². The van der Waals surface area contributed by atoms with E-state index in [4.69, 9.17) is 0 Å². The molecule has 0 radical (unpaired) electrons. The van der Waals surface area contributed by atoms with Crippen molar-refractivity contribution < 1.29 is 52.6 Å². The number of carboxylic acid groups (broad SMARTS) is 1. The van der Waals surface area contributed by atoms with Crippen LogP contribution in [0.2, 0.25) is 0 Å². The molecule has 0 aromatic heterocycles. The Hall–Kier alpha value is 0.260. The second-order valence-corrected chi connectivity index (χ2v) is 4.02. The van der Waals surface area contributed by atoms with Gasteiger partial charge in [-0.1, -0.05) is 26.2 Å². The zero-order valence-electron chi connectivity index (χ0n) is 10.5. The predicted octanol–water partition coefficient (Wildman–Crippen LogP) is -0.331. The molecule has 0 bridgehead atoms. The minimum absolute atomic E-state index is 0. The van der Waals surface area contributed by atoms with Gasteiger partial charge in [0.15, 0.2) is 0 Å². The maximum Gasteiger partial charge on any atom is 1.00 e. The summed E-state index contributed by atoms with van der Waals surface area (Å²) >= 11 is 0. The quantitative estimate of drug-likeness (QED) is 0.444. The Balaban J connectivity index is 0. The molecule has 0 N–H and O–H groups in total. The molecule has 96 valence electrons. The molecule has 0 saturated heterocycles. The number of carboxylic acids is 1. The fraction of sp³-hybridized carbons (Fsp3) is 0.909. The topological polar surface area (TPSA) is 40.1 Å².